The number of nitrogens with zero attached hydrogens (tertiary/aromatic N) is 2. The number of benzene rings is 3. The topological polar surface area (TPSA) is 86.8 Å². The quantitative estimate of drug-likeness (QED) is 0.580. The fraction of sp³-hybridized carbons (Fsp3) is 0.0476. The van der Waals surface area contributed by atoms with Crippen LogP contribution in [0.4, 0.5) is 11.4 Å². The van der Waals surface area contributed by atoms with Gasteiger partial charge in [0.1, 0.15) is 0 Å². The van der Waals surface area contributed by atoms with Gasteiger partial charge in [-0.1, -0.05) is 66.7 Å². The van der Waals surface area contributed by atoms with Gasteiger partial charge in [0.25, 0.3) is 0 Å². The highest BCUT2D eigenvalue weighted by Crippen LogP contribution is 2.24. The van der Waals surface area contributed by atoms with Gasteiger partial charge in [-0.2, -0.15) is 0 Å². The van der Waals surface area contributed by atoms with E-state index in [1.807, 2.05) is 91.0 Å². The van der Waals surface area contributed by atoms with Gasteiger partial charge in [0.05, 0.1) is 0 Å². The van der Waals surface area contributed by atoms with Crippen molar-refractivity contribution in [3.63, 3.8) is 0 Å². The summed E-state index contributed by atoms with van der Waals surface area (Å²) in [7, 11) is 0. The molecule has 4 rings (SSSR count). The third-order valence-electron chi connectivity index (χ3n) is 4.07. The van der Waals surface area contributed by atoms with Gasteiger partial charge in [0.15, 0.2) is 0 Å². The summed E-state index contributed by atoms with van der Waals surface area (Å²) in [5, 5.41) is 9.69. The number of anilines is 2. The first-order valence-corrected chi connectivity index (χ1v) is 8.67. The van der Waals surface area contributed by atoms with Gasteiger partial charge >= 0.3 is 0 Å². The molecule has 1 aliphatic rings. The second kappa shape index (κ2) is 7.31. The largest absolute Gasteiger partial charge is 0.326 e. The molecule has 0 saturated heterocycles. The Balaban J connectivity index is 1.68. The summed E-state index contributed by atoms with van der Waals surface area (Å²) in [4.78, 5) is 9.23. The van der Waals surface area contributed by atoms with Crippen LogP contribution in [0.2, 0.25) is 0 Å². The summed E-state index contributed by atoms with van der Waals surface area (Å²) in [6, 6.07) is 29.2. The summed E-state index contributed by atoms with van der Waals surface area (Å²) in [5.74, 6) is -0.206. The Morgan fingerprint density at radius 3 is 1.48 bits per heavy atom. The molecule has 3 aromatic rings. The monoisotopic (exact) mass is 356 g/mol. The van der Waals surface area contributed by atoms with Crippen LogP contribution < -0.4 is 21.7 Å². The highest BCUT2D eigenvalue weighted by Gasteiger charge is 2.31. The van der Waals surface area contributed by atoms with E-state index in [2.05, 4.69) is 25.9 Å². The van der Waals surface area contributed by atoms with E-state index in [0.717, 1.165) is 16.9 Å². The molecule has 0 aromatic heterocycles. The molecule has 27 heavy (non-hydrogen) atoms. The Morgan fingerprint density at radius 1 is 0.630 bits per heavy atom. The number of nitrogens with one attached hydrogen (secondary N) is 3. The number of rotatable bonds is 3. The molecule has 0 bridgehead atoms. The molecule has 1 heterocycles. The maximum Gasteiger partial charge on any atom is 0.235 e. The molecule has 6 heteroatoms. The van der Waals surface area contributed by atoms with Gasteiger partial charge in [-0.3, -0.25) is 11.1 Å². The summed E-state index contributed by atoms with van der Waals surface area (Å²) < 4.78 is 0. The Labute approximate surface area is 157 Å². The second-order valence-electron chi connectivity index (χ2n) is 6.12. The predicted molar refractivity (Wildman–Crippen MR) is 110 cm³/mol. The van der Waals surface area contributed by atoms with Gasteiger partial charge in [0, 0.05) is 16.9 Å². The van der Waals surface area contributed by atoms with Crippen LogP contribution in [0.25, 0.3) is 0 Å². The number of para-hydroxylation sites is 2. The minimum atomic E-state index is -1.24. The molecule has 1 aliphatic heterocycles. The molecule has 0 aliphatic carbocycles. The van der Waals surface area contributed by atoms with Crippen molar-refractivity contribution in [2.45, 2.75) is 5.79 Å². The van der Waals surface area contributed by atoms with E-state index in [-0.39, 0.29) is 0 Å². The molecular weight excluding hydrogens is 336 g/mol. The number of guanidine groups is 2. The summed E-state index contributed by atoms with van der Waals surface area (Å²) in [5.41, 5.74) is 9.18. The smallest absolute Gasteiger partial charge is 0.235 e. The number of hydrogen-bond donors (Lipinski definition) is 4. The van der Waals surface area contributed by atoms with E-state index in [1.54, 1.807) is 0 Å². The molecule has 0 spiro atoms. The minimum Gasteiger partial charge on any atom is -0.326 e. The molecule has 0 radical (unpaired) electrons. The summed E-state index contributed by atoms with van der Waals surface area (Å²) >= 11 is 0. The SMILES string of the molecule is NC1(c2ccccc2)N=C(Nc2ccccc2)NC(Nc2ccccc2)=N1. The van der Waals surface area contributed by atoms with Crippen LogP contribution in [0, 0.1) is 0 Å². The lowest BCUT2D eigenvalue weighted by molar-refractivity contribution is 0.486. The fourth-order valence-electron chi connectivity index (χ4n) is 2.78. The first-order valence-electron chi connectivity index (χ1n) is 8.67. The predicted octanol–water partition coefficient (Wildman–Crippen LogP) is 3.30. The van der Waals surface area contributed by atoms with Gasteiger partial charge in [0.2, 0.25) is 17.7 Å². The van der Waals surface area contributed by atoms with Crippen molar-refractivity contribution >= 4 is 23.3 Å². The summed E-state index contributed by atoms with van der Waals surface area (Å²) in [6.07, 6.45) is 0. The lowest BCUT2D eigenvalue weighted by Gasteiger charge is -2.29. The Hall–Kier alpha value is -3.64. The number of hydrogen-bond acceptors (Lipinski definition) is 6. The van der Waals surface area contributed by atoms with Crippen molar-refractivity contribution in [1.29, 1.82) is 0 Å². The number of aliphatic imine (C=N–C) groups is 2. The van der Waals surface area contributed by atoms with Crippen LogP contribution in [0.5, 0.6) is 0 Å². The maximum absolute atomic E-state index is 6.57. The molecule has 0 saturated carbocycles. The van der Waals surface area contributed by atoms with Crippen LogP contribution >= 0.6 is 0 Å². The van der Waals surface area contributed by atoms with Crippen molar-refractivity contribution in [3.05, 3.63) is 96.6 Å². The zero-order chi connectivity index (χ0) is 18.5. The first-order chi connectivity index (χ1) is 13.2. The highest BCUT2D eigenvalue weighted by molar-refractivity contribution is 6.11. The molecule has 3 aromatic carbocycles. The van der Waals surface area contributed by atoms with Crippen molar-refractivity contribution < 1.29 is 0 Å². The van der Waals surface area contributed by atoms with E-state index in [0.29, 0.717) is 11.9 Å². The van der Waals surface area contributed by atoms with Gasteiger partial charge in [-0.25, -0.2) is 9.98 Å². The standard InChI is InChI=1S/C21H20N6/c22-21(16-10-4-1-5-11-16)26-19(23-17-12-6-2-7-13-17)25-20(27-21)24-18-14-8-3-9-15-18/h1-15H,22H2,(H3,23,24,25,26,27). The Morgan fingerprint density at radius 2 is 1.04 bits per heavy atom. The summed E-state index contributed by atoms with van der Waals surface area (Å²) in [6.45, 7) is 0. The molecule has 0 amide bonds. The molecule has 0 unspecified atom stereocenters. The van der Waals surface area contributed by atoms with Crippen molar-refractivity contribution in [3.8, 4) is 0 Å². The lowest BCUT2D eigenvalue weighted by atomic mass is 10.1. The normalized spacial score (nSPS) is 15.1. The molecule has 6 nitrogen and oxygen atoms in total. The molecule has 0 fully saturated rings. The molecular formula is C21H20N6. The van der Waals surface area contributed by atoms with Gasteiger partial charge in [-0.15, -0.1) is 0 Å². The van der Waals surface area contributed by atoms with Crippen LogP contribution in [-0.2, 0) is 5.79 Å². The lowest BCUT2D eigenvalue weighted by Crippen LogP contribution is -2.50. The minimum absolute atomic E-state index is 0.515. The molecule has 5 N–H and O–H groups in total. The van der Waals surface area contributed by atoms with Crippen molar-refractivity contribution in [1.82, 2.24) is 5.32 Å². The Bertz CT molecular complexity index is 894. The first kappa shape index (κ1) is 16.8. The molecule has 0 atom stereocenters. The van der Waals surface area contributed by atoms with Crippen LogP contribution in [0.1, 0.15) is 5.56 Å². The van der Waals surface area contributed by atoms with Crippen LogP contribution in [-0.4, -0.2) is 11.9 Å². The zero-order valence-corrected chi connectivity index (χ0v) is 14.6. The highest BCUT2D eigenvalue weighted by atomic mass is 15.4. The van der Waals surface area contributed by atoms with E-state index < -0.39 is 5.79 Å². The Kier molecular flexibility index (Phi) is 4.55. The van der Waals surface area contributed by atoms with Gasteiger partial charge in [-0.05, 0) is 24.3 Å². The number of nitrogens with two attached hydrogens (primary N) is 1. The van der Waals surface area contributed by atoms with E-state index >= 15 is 0 Å². The van der Waals surface area contributed by atoms with E-state index in [4.69, 9.17) is 5.73 Å². The fourth-order valence-corrected chi connectivity index (χ4v) is 2.78. The van der Waals surface area contributed by atoms with Gasteiger partial charge < -0.3 is 10.6 Å². The van der Waals surface area contributed by atoms with Crippen molar-refractivity contribution in [2.24, 2.45) is 15.7 Å². The zero-order valence-electron chi connectivity index (χ0n) is 14.6. The average Bonchev–Trinajstić information content (AvgIpc) is 2.70. The maximum atomic E-state index is 6.57. The average molecular weight is 356 g/mol. The van der Waals surface area contributed by atoms with Crippen molar-refractivity contribution in [2.75, 3.05) is 10.6 Å². The molecule has 134 valence electrons. The van der Waals surface area contributed by atoms with Crippen LogP contribution in [0.15, 0.2) is 101 Å². The second-order valence-corrected chi connectivity index (χ2v) is 6.12. The third kappa shape index (κ3) is 3.96. The van der Waals surface area contributed by atoms with E-state index in [9.17, 15) is 0 Å². The van der Waals surface area contributed by atoms with Crippen LogP contribution in [0.3, 0.4) is 0 Å². The van der Waals surface area contributed by atoms with E-state index in [1.165, 1.54) is 0 Å². The third-order valence-corrected chi connectivity index (χ3v) is 4.07.